The average Bonchev–Trinajstić information content (AvgIpc) is 2.49. The Labute approximate surface area is 136 Å². The number of anilines is 2. The van der Waals surface area contributed by atoms with Gasteiger partial charge in [0, 0.05) is 12.6 Å². The summed E-state index contributed by atoms with van der Waals surface area (Å²) in [5.74, 6) is -0.203. The van der Waals surface area contributed by atoms with E-state index in [0.29, 0.717) is 11.4 Å². The summed E-state index contributed by atoms with van der Waals surface area (Å²) in [5, 5.41) is 2.61. The van der Waals surface area contributed by atoms with E-state index in [-0.39, 0.29) is 10.8 Å². The van der Waals surface area contributed by atoms with Crippen molar-refractivity contribution in [3.63, 3.8) is 0 Å². The number of amides is 1. The summed E-state index contributed by atoms with van der Waals surface area (Å²) in [4.78, 5) is 11.2. The van der Waals surface area contributed by atoms with Gasteiger partial charge in [0.15, 0.2) is 0 Å². The molecule has 5 nitrogen and oxygen atoms in total. The van der Waals surface area contributed by atoms with Crippen molar-refractivity contribution in [1.82, 2.24) is 0 Å². The molecule has 0 atom stereocenters. The van der Waals surface area contributed by atoms with Gasteiger partial charge in [-0.25, -0.2) is 8.42 Å². The van der Waals surface area contributed by atoms with E-state index in [1.165, 1.54) is 19.1 Å². The molecule has 2 aromatic carbocycles. The van der Waals surface area contributed by atoms with Crippen molar-refractivity contribution in [2.75, 3.05) is 10.0 Å². The maximum atomic E-state index is 12.6. The fourth-order valence-electron chi connectivity index (χ4n) is 2.28. The van der Waals surface area contributed by atoms with Crippen LogP contribution in [-0.2, 0) is 21.2 Å². The van der Waals surface area contributed by atoms with E-state index >= 15 is 0 Å². The Bertz CT molecular complexity index is 812. The molecule has 0 saturated heterocycles. The fourth-order valence-corrected chi connectivity index (χ4v) is 3.46. The van der Waals surface area contributed by atoms with E-state index in [1.807, 2.05) is 32.0 Å². The maximum absolute atomic E-state index is 12.6. The number of aryl methyl sites for hydroxylation is 2. The van der Waals surface area contributed by atoms with Crippen LogP contribution in [-0.4, -0.2) is 14.3 Å². The Hall–Kier alpha value is -2.34. The van der Waals surface area contributed by atoms with Crippen LogP contribution in [0.5, 0.6) is 0 Å². The number of hydrogen-bond donors (Lipinski definition) is 2. The molecule has 1 amide bonds. The second kappa shape index (κ2) is 6.83. The molecule has 0 bridgehead atoms. The van der Waals surface area contributed by atoms with Crippen molar-refractivity contribution in [1.29, 1.82) is 0 Å². The Morgan fingerprint density at radius 2 is 1.74 bits per heavy atom. The van der Waals surface area contributed by atoms with E-state index in [0.717, 1.165) is 17.5 Å². The van der Waals surface area contributed by atoms with Crippen molar-refractivity contribution < 1.29 is 13.2 Å². The van der Waals surface area contributed by atoms with Crippen molar-refractivity contribution in [2.24, 2.45) is 0 Å². The van der Waals surface area contributed by atoms with Gasteiger partial charge in [0.25, 0.3) is 10.0 Å². The lowest BCUT2D eigenvalue weighted by Gasteiger charge is -2.14. The van der Waals surface area contributed by atoms with Gasteiger partial charge in [0.1, 0.15) is 0 Å². The number of carbonyl (C=O) groups is 1. The van der Waals surface area contributed by atoms with Crippen LogP contribution in [0.3, 0.4) is 0 Å². The predicted molar refractivity (Wildman–Crippen MR) is 92.1 cm³/mol. The highest BCUT2D eigenvalue weighted by molar-refractivity contribution is 7.92. The zero-order chi connectivity index (χ0) is 17.0. The lowest BCUT2D eigenvalue weighted by molar-refractivity contribution is -0.114. The number of carbonyl (C=O) groups excluding carboxylic acids is 1. The first-order valence-corrected chi connectivity index (χ1v) is 8.80. The third-order valence-electron chi connectivity index (χ3n) is 3.46. The Morgan fingerprint density at radius 3 is 2.30 bits per heavy atom. The SMILES string of the molecule is CCc1cccc(C)c1NS(=O)(=O)c1ccc(NC(C)=O)cc1. The van der Waals surface area contributed by atoms with Gasteiger partial charge in [0.05, 0.1) is 10.6 Å². The smallest absolute Gasteiger partial charge is 0.261 e. The van der Waals surface area contributed by atoms with Crippen LogP contribution in [0.1, 0.15) is 25.0 Å². The highest BCUT2D eigenvalue weighted by atomic mass is 32.2. The summed E-state index contributed by atoms with van der Waals surface area (Å²) in [6.07, 6.45) is 0.737. The lowest BCUT2D eigenvalue weighted by Crippen LogP contribution is -2.15. The molecule has 2 aromatic rings. The summed E-state index contributed by atoms with van der Waals surface area (Å²) in [7, 11) is -3.68. The number of benzene rings is 2. The maximum Gasteiger partial charge on any atom is 0.261 e. The normalized spacial score (nSPS) is 11.1. The second-order valence-corrected chi connectivity index (χ2v) is 6.96. The van der Waals surface area contributed by atoms with Gasteiger partial charge in [-0.3, -0.25) is 9.52 Å². The van der Waals surface area contributed by atoms with Crippen LogP contribution in [0.15, 0.2) is 47.4 Å². The van der Waals surface area contributed by atoms with E-state index in [1.54, 1.807) is 12.1 Å². The fraction of sp³-hybridized carbons (Fsp3) is 0.235. The van der Waals surface area contributed by atoms with Gasteiger partial charge in [-0.1, -0.05) is 25.1 Å². The van der Waals surface area contributed by atoms with E-state index < -0.39 is 10.0 Å². The van der Waals surface area contributed by atoms with Crippen LogP contribution in [0.2, 0.25) is 0 Å². The van der Waals surface area contributed by atoms with E-state index in [9.17, 15) is 13.2 Å². The molecule has 0 fully saturated rings. The monoisotopic (exact) mass is 332 g/mol. The largest absolute Gasteiger partial charge is 0.326 e. The number of para-hydroxylation sites is 1. The molecule has 0 heterocycles. The van der Waals surface area contributed by atoms with E-state index in [4.69, 9.17) is 0 Å². The third-order valence-corrected chi connectivity index (χ3v) is 4.83. The standard InChI is InChI=1S/C17H20N2O3S/c1-4-14-7-5-6-12(2)17(14)19-23(21,22)16-10-8-15(9-11-16)18-13(3)20/h5-11,19H,4H2,1-3H3,(H,18,20). The quantitative estimate of drug-likeness (QED) is 0.882. The van der Waals surface area contributed by atoms with Crippen LogP contribution < -0.4 is 10.0 Å². The van der Waals surface area contributed by atoms with Gasteiger partial charge < -0.3 is 5.32 Å². The zero-order valence-electron chi connectivity index (χ0n) is 13.4. The molecule has 23 heavy (non-hydrogen) atoms. The van der Waals surface area contributed by atoms with Crippen LogP contribution in [0, 0.1) is 6.92 Å². The topological polar surface area (TPSA) is 75.3 Å². The summed E-state index contributed by atoms with van der Waals surface area (Å²) in [6, 6.07) is 11.8. The number of rotatable bonds is 5. The summed E-state index contributed by atoms with van der Waals surface area (Å²) < 4.78 is 27.8. The van der Waals surface area contributed by atoms with Crippen LogP contribution in [0.25, 0.3) is 0 Å². The van der Waals surface area contributed by atoms with E-state index in [2.05, 4.69) is 10.0 Å². The Morgan fingerprint density at radius 1 is 1.09 bits per heavy atom. The average molecular weight is 332 g/mol. The van der Waals surface area contributed by atoms with Crippen LogP contribution in [0.4, 0.5) is 11.4 Å². The van der Waals surface area contributed by atoms with Gasteiger partial charge >= 0.3 is 0 Å². The minimum atomic E-state index is -3.68. The first kappa shape index (κ1) is 17.0. The minimum absolute atomic E-state index is 0.150. The summed E-state index contributed by atoms with van der Waals surface area (Å²) >= 11 is 0. The van der Waals surface area contributed by atoms with Crippen molar-refractivity contribution in [3.8, 4) is 0 Å². The Kier molecular flexibility index (Phi) is 5.05. The third kappa shape index (κ3) is 4.10. The summed E-state index contributed by atoms with van der Waals surface area (Å²) in [5.41, 5.74) is 3.01. The molecule has 0 aliphatic heterocycles. The molecule has 0 spiro atoms. The number of sulfonamides is 1. The van der Waals surface area contributed by atoms with Crippen molar-refractivity contribution in [2.45, 2.75) is 32.1 Å². The highest BCUT2D eigenvalue weighted by Crippen LogP contribution is 2.25. The molecule has 0 aliphatic rings. The van der Waals surface area contributed by atoms with Crippen molar-refractivity contribution >= 4 is 27.3 Å². The summed E-state index contributed by atoms with van der Waals surface area (Å²) in [6.45, 7) is 5.25. The van der Waals surface area contributed by atoms with Gasteiger partial charge in [-0.05, 0) is 48.7 Å². The molecular formula is C17H20N2O3S. The first-order chi connectivity index (χ1) is 10.8. The molecule has 0 saturated carbocycles. The van der Waals surface area contributed by atoms with Gasteiger partial charge in [-0.2, -0.15) is 0 Å². The molecule has 2 N–H and O–H groups in total. The van der Waals surface area contributed by atoms with Crippen molar-refractivity contribution in [3.05, 3.63) is 53.6 Å². The molecular weight excluding hydrogens is 312 g/mol. The number of nitrogens with one attached hydrogen (secondary N) is 2. The second-order valence-electron chi connectivity index (χ2n) is 5.27. The molecule has 0 unspecified atom stereocenters. The first-order valence-electron chi connectivity index (χ1n) is 7.32. The molecule has 0 radical (unpaired) electrons. The highest BCUT2D eigenvalue weighted by Gasteiger charge is 2.17. The Balaban J connectivity index is 2.31. The van der Waals surface area contributed by atoms with Gasteiger partial charge in [-0.15, -0.1) is 0 Å². The van der Waals surface area contributed by atoms with Gasteiger partial charge in [0.2, 0.25) is 5.91 Å². The minimum Gasteiger partial charge on any atom is -0.326 e. The predicted octanol–water partition coefficient (Wildman–Crippen LogP) is 3.32. The molecule has 0 aliphatic carbocycles. The molecule has 6 heteroatoms. The molecule has 2 rings (SSSR count). The van der Waals surface area contributed by atoms with Crippen LogP contribution >= 0.6 is 0 Å². The molecule has 0 aromatic heterocycles. The zero-order valence-corrected chi connectivity index (χ0v) is 14.2. The number of hydrogen-bond acceptors (Lipinski definition) is 3. The lowest BCUT2D eigenvalue weighted by atomic mass is 10.1. The molecule has 122 valence electrons.